The first-order valence-electron chi connectivity index (χ1n) is 8.66. The number of fused-ring (bicyclic) bond motifs is 1. The van der Waals surface area contributed by atoms with E-state index in [-0.39, 0.29) is 17.0 Å². The highest BCUT2D eigenvalue weighted by atomic mass is 19.1. The molecule has 0 saturated carbocycles. The fourth-order valence-electron chi connectivity index (χ4n) is 3.43. The molecule has 27 heavy (non-hydrogen) atoms. The third kappa shape index (κ3) is 3.74. The van der Waals surface area contributed by atoms with E-state index in [0.29, 0.717) is 17.3 Å². The lowest BCUT2D eigenvalue weighted by Crippen LogP contribution is -2.45. The normalized spacial score (nSPS) is 18.4. The van der Waals surface area contributed by atoms with Crippen LogP contribution in [0.15, 0.2) is 35.6 Å². The molecule has 7 nitrogen and oxygen atoms in total. The summed E-state index contributed by atoms with van der Waals surface area (Å²) in [5, 5.41) is 14.6. The Bertz CT molecular complexity index is 896. The van der Waals surface area contributed by atoms with Crippen LogP contribution in [0.25, 0.3) is 0 Å². The van der Waals surface area contributed by atoms with Gasteiger partial charge in [0.1, 0.15) is 17.8 Å². The number of benzene rings is 1. The number of anilines is 2. The first-order valence-corrected chi connectivity index (χ1v) is 8.66. The molecule has 0 radical (unpaired) electrons. The van der Waals surface area contributed by atoms with Crippen molar-refractivity contribution in [1.29, 1.82) is 0 Å². The van der Waals surface area contributed by atoms with Gasteiger partial charge >= 0.3 is 0 Å². The molecule has 1 atom stereocenters. The minimum Gasteiger partial charge on any atom is -0.369 e. The predicted octanol–water partition coefficient (Wildman–Crippen LogP) is 4.30. The van der Waals surface area contributed by atoms with Crippen LogP contribution >= 0.6 is 0 Å². The summed E-state index contributed by atoms with van der Waals surface area (Å²) in [6, 6.07) is 6.15. The van der Waals surface area contributed by atoms with Crippen molar-refractivity contribution in [3.8, 4) is 0 Å². The van der Waals surface area contributed by atoms with Crippen molar-refractivity contribution in [3.63, 3.8) is 0 Å². The van der Waals surface area contributed by atoms with Gasteiger partial charge in [-0.05, 0) is 49.9 Å². The summed E-state index contributed by atoms with van der Waals surface area (Å²) in [4.78, 5) is 16.1. The van der Waals surface area contributed by atoms with Crippen LogP contribution in [0.4, 0.5) is 21.6 Å². The summed E-state index contributed by atoms with van der Waals surface area (Å²) in [5.41, 5.74) is 4.89. The number of aromatic nitrogens is 1. The summed E-state index contributed by atoms with van der Waals surface area (Å²) in [6.07, 6.45) is 3.51. The number of rotatable bonds is 4. The molecule has 8 heteroatoms. The molecular weight excluding hydrogens is 349 g/mol. The molecule has 3 rings (SSSR count). The van der Waals surface area contributed by atoms with E-state index in [0.717, 1.165) is 23.9 Å². The highest BCUT2D eigenvalue weighted by molar-refractivity contribution is 5.82. The summed E-state index contributed by atoms with van der Waals surface area (Å²) in [7, 11) is 1.99. The van der Waals surface area contributed by atoms with Crippen molar-refractivity contribution in [2.24, 2.45) is 5.10 Å². The molecule has 0 aliphatic carbocycles. The number of hydrazone groups is 1. The molecule has 1 aromatic carbocycles. The fourth-order valence-corrected chi connectivity index (χ4v) is 3.43. The average molecular weight is 371 g/mol. The van der Waals surface area contributed by atoms with E-state index < -0.39 is 4.92 Å². The van der Waals surface area contributed by atoms with Gasteiger partial charge in [0.05, 0.1) is 11.1 Å². The number of hydrogen-bond donors (Lipinski definition) is 1. The van der Waals surface area contributed by atoms with E-state index in [4.69, 9.17) is 0 Å². The van der Waals surface area contributed by atoms with E-state index in [9.17, 15) is 14.5 Å². The van der Waals surface area contributed by atoms with E-state index >= 15 is 0 Å². The van der Waals surface area contributed by atoms with Crippen LogP contribution in [0, 0.1) is 15.9 Å². The topological polar surface area (TPSA) is 83.7 Å². The van der Waals surface area contributed by atoms with Gasteiger partial charge in [0, 0.05) is 29.9 Å². The summed E-state index contributed by atoms with van der Waals surface area (Å²) >= 11 is 0. The maximum atomic E-state index is 14.6. The fraction of sp³-hybridized carbons (Fsp3) is 0.368. The molecule has 1 N–H and O–H groups in total. The molecule has 0 saturated heterocycles. The lowest BCUT2D eigenvalue weighted by atomic mass is 9.80. The Morgan fingerprint density at radius 3 is 2.81 bits per heavy atom. The first kappa shape index (κ1) is 18.8. The second-order valence-electron chi connectivity index (χ2n) is 7.44. The van der Waals surface area contributed by atoms with Gasteiger partial charge in [-0.2, -0.15) is 5.10 Å². The molecule has 1 aliphatic rings. The van der Waals surface area contributed by atoms with E-state index in [1.54, 1.807) is 6.07 Å². The zero-order valence-corrected chi connectivity index (χ0v) is 15.7. The van der Waals surface area contributed by atoms with E-state index in [1.165, 1.54) is 18.3 Å². The average Bonchev–Trinajstić information content (AvgIpc) is 2.61. The molecule has 2 heterocycles. The maximum absolute atomic E-state index is 14.6. The number of nitrogens with one attached hydrogen (secondary N) is 1. The van der Waals surface area contributed by atoms with Crippen molar-refractivity contribution in [2.45, 2.75) is 38.6 Å². The van der Waals surface area contributed by atoms with Crippen molar-refractivity contribution in [1.82, 2.24) is 4.98 Å². The van der Waals surface area contributed by atoms with Gasteiger partial charge in [-0.1, -0.05) is 6.92 Å². The number of halogens is 1. The van der Waals surface area contributed by atoms with Crippen molar-refractivity contribution >= 4 is 23.4 Å². The largest absolute Gasteiger partial charge is 0.369 e. The third-order valence-corrected chi connectivity index (χ3v) is 5.09. The predicted molar refractivity (Wildman–Crippen MR) is 104 cm³/mol. The standard InChI is InChI=1S/C19H22FN5O2/c1-12-9-19(2,3)24(4)17-8-16(20)13(7-15(12)17)10-22-23-18-6-5-14(11-21-18)25(26)27/h5-8,10-12H,9H2,1-4H3,(H,21,23)/b22-10-. The SMILES string of the molecule is CC1CC(C)(C)N(C)c2cc(F)c(/C=N\Nc3ccc([N+](=O)[O-])cn3)cc21. The maximum Gasteiger partial charge on any atom is 0.287 e. The lowest BCUT2D eigenvalue weighted by molar-refractivity contribution is -0.385. The molecule has 0 spiro atoms. The first-order chi connectivity index (χ1) is 12.7. The Morgan fingerprint density at radius 2 is 2.19 bits per heavy atom. The molecule has 1 aromatic heterocycles. The molecule has 1 unspecified atom stereocenters. The highest BCUT2D eigenvalue weighted by Gasteiger charge is 2.34. The number of nitro groups is 1. The number of nitrogens with zero attached hydrogens (tertiary/aromatic N) is 4. The lowest BCUT2D eigenvalue weighted by Gasteiger charge is -2.45. The van der Waals surface area contributed by atoms with Gasteiger partial charge in [-0.15, -0.1) is 0 Å². The molecule has 0 bridgehead atoms. The van der Waals surface area contributed by atoms with Crippen LogP contribution in [0.2, 0.25) is 0 Å². The number of hydrogen-bond acceptors (Lipinski definition) is 6. The Balaban J connectivity index is 1.81. The molecule has 0 amide bonds. The monoisotopic (exact) mass is 371 g/mol. The minimum atomic E-state index is -0.526. The van der Waals surface area contributed by atoms with Gasteiger partial charge in [0.2, 0.25) is 0 Å². The van der Waals surface area contributed by atoms with Crippen molar-refractivity contribution in [2.75, 3.05) is 17.4 Å². The van der Waals surface area contributed by atoms with Gasteiger partial charge in [0.25, 0.3) is 5.69 Å². The van der Waals surface area contributed by atoms with Crippen LogP contribution in [0.3, 0.4) is 0 Å². The molecule has 1 aliphatic heterocycles. The van der Waals surface area contributed by atoms with Gasteiger partial charge < -0.3 is 4.90 Å². The minimum absolute atomic E-state index is 0.0302. The molecular formula is C19H22FN5O2. The third-order valence-electron chi connectivity index (χ3n) is 5.09. The van der Waals surface area contributed by atoms with E-state index in [2.05, 4.69) is 41.2 Å². The van der Waals surface area contributed by atoms with Gasteiger partial charge in [0.15, 0.2) is 0 Å². The van der Waals surface area contributed by atoms with Crippen molar-refractivity contribution in [3.05, 3.63) is 57.5 Å². The second-order valence-corrected chi connectivity index (χ2v) is 7.44. The van der Waals surface area contributed by atoms with Crippen LogP contribution in [0.1, 0.15) is 44.2 Å². The summed E-state index contributed by atoms with van der Waals surface area (Å²) in [5.74, 6) is 0.293. The van der Waals surface area contributed by atoms with E-state index in [1.807, 2.05) is 13.1 Å². The quantitative estimate of drug-likeness (QED) is 0.492. The summed E-state index contributed by atoms with van der Waals surface area (Å²) in [6.45, 7) is 6.45. The van der Waals surface area contributed by atoms with Crippen molar-refractivity contribution < 1.29 is 9.31 Å². The second kappa shape index (κ2) is 6.94. The molecule has 0 fully saturated rings. The Kier molecular flexibility index (Phi) is 4.82. The van der Waals surface area contributed by atoms with Crippen LogP contribution in [0.5, 0.6) is 0 Å². The molecule has 142 valence electrons. The highest BCUT2D eigenvalue weighted by Crippen LogP contribution is 2.43. The number of pyridine rings is 1. The Labute approximate surface area is 157 Å². The smallest absolute Gasteiger partial charge is 0.287 e. The van der Waals surface area contributed by atoms with Crippen LogP contribution in [-0.2, 0) is 0 Å². The van der Waals surface area contributed by atoms with Crippen LogP contribution in [-0.4, -0.2) is 28.7 Å². The Morgan fingerprint density at radius 1 is 1.44 bits per heavy atom. The summed E-state index contributed by atoms with van der Waals surface area (Å²) < 4.78 is 14.6. The zero-order valence-electron chi connectivity index (χ0n) is 15.7. The Hall–Kier alpha value is -3.03. The zero-order chi connectivity index (χ0) is 19.8. The van der Waals surface area contributed by atoms with Crippen LogP contribution < -0.4 is 10.3 Å². The van der Waals surface area contributed by atoms with Gasteiger partial charge in [-0.3, -0.25) is 15.5 Å². The molecule has 2 aromatic rings. The van der Waals surface area contributed by atoms with Gasteiger partial charge in [-0.25, -0.2) is 9.37 Å².